The van der Waals surface area contributed by atoms with Crippen LogP contribution < -0.4 is 0 Å². The number of aliphatic hydroxyl groups is 17. The van der Waals surface area contributed by atoms with E-state index >= 15 is 0 Å². The highest BCUT2D eigenvalue weighted by atomic mass is 28.4. The van der Waals surface area contributed by atoms with Crippen molar-refractivity contribution in [2.24, 2.45) is 0 Å². The van der Waals surface area contributed by atoms with Gasteiger partial charge in [-0.1, -0.05) is 0 Å². The Labute approximate surface area is 415 Å². The SMILES string of the molecule is CO[Si](OC)(OC)O[C@@H]1[C@@H](O)[C@H]2O[C@H]3[C@H](O)[C@@H](O)[C@@H](O[C@H]4[C@H](O)[C@@H](O)[C@@H](O[C@H]5[C@H](O)[C@@H](O)[C@@H](O[C@H]6[C@H](O)[C@@H](O)[C@@H](O[C@H]7[C@H](O)[C@@H](O)[C@@H](O[C@H]1[C@@H](CO)O2)O[C@@H]7CO)O[C@@H]6CO)O[C@@H]5CO)O[C@@H]4CO)O[C@@H]3CO. The minimum Gasteiger partial charge on any atom is -0.394 e. The first-order valence-electron chi connectivity index (χ1n) is 23.1. The number of hydrogen-bond acceptors (Lipinski definition) is 33. The molecule has 0 radical (unpaired) electrons. The Morgan fingerprint density at radius 1 is 0.274 bits per heavy atom. The molecule has 0 spiro atoms. The maximum Gasteiger partial charge on any atom is 0.679 e. The standard InChI is InChI=1S/C39H68O33Si/c1-57-73(58-2,59-3)72-33-26(56)39-65-15(9-45)32(33)71-38-25(55)20(50)30(13(7-43)64-38)69-36-23(53)18(48)28(11(5-41)62-36)67-34-21(51)16(46)27(10(4-40)60-34)66-35-22(52)17(47)29(12(6-42)61-35)68-37-24(54)19(49)31(70-39)14(8-44)63-37/h10-56H,4-9H2,1-3H3/t10-,11-,12-,13-,14-,15-,16-,17-,18-,19-,20-,21-,22-,23-,24-,25-,26-,27-,28-,29-,30-,31-,32+,33-,34-,35-,36-,37-,38-,39-/m1/s1. The minimum absolute atomic E-state index is 1.01. The third kappa shape index (κ3) is 11.8. The van der Waals surface area contributed by atoms with Crippen molar-refractivity contribution in [3.8, 4) is 0 Å². The van der Waals surface area contributed by atoms with Crippen LogP contribution in [0.25, 0.3) is 0 Å². The molecule has 0 aliphatic carbocycles. The molecular formula is C39H68O33Si. The van der Waals surface area contributed by atoms with Gasteiger partial charge in [0.1, 0.15) is 146 Å². The van der Waals surface area contributed by atoms with E-state index in [-0.39, 0.29) is 0 Å². The van der Waals surface area contributed by atoms with E-state index in [1.54, 1.807) is 0 Å². The van der Waals surface area contributed by atoms with Gasteiger partial charge in [0.15, 0.2) is 37.7 Å². The van der Waals surface area contributed by atoms with E-state index in [2.05, 4.69) is 0 Å². The number of aliphatic hydroxyl groups excluding tert-OH is 17. The second-order valence-corrected chi connectivity index (χ2v) is 20.5. The van der Waals surface area contributed by atoms with Crippen LogP contribution in [0.15, 0.2) is 0 Å². The third-order valence-electron chi connectivity index (χ3n) is 13.7. The molecule has 0 saturated carbocycles. The summed E-state index contributed by atoms with van der Waals surface area (Å²) in [6, 6.07) is 0. The topological polar surface area (TPSA) is 492 Å². The zero-order chi connectivity index (χ0) is 53.4. The molecule has 30 atom stereocenters. The molecule has 22 fully saturated rings. The van der Waals surface area contributed by atoms with Gasteiger partial charge >= 0.3 is 9.05 Å². The predicted octanol–water partition coefficient (Wildman–Crippen LogP) is -12.7. The Kier molecular flexibility index (Phi) is 20.7. The van der Waals surface area contributed by atoms with Gasteiger partial charge in [-0.05, 0) is 0 Å². The van der Waals surface area contributed by atoms with Crippen LogP contribution in [0.3, 0.4) is 0 Å². The fourth-order valence-electron chi connectivity index (χ4n) is 9.61. The number of ether oxygens (including phenoxy) is 12. The van der Waals surface area contributed by atoms with E-state index in [9.17, 15) is 86.8 Å². The van der Waals surface area contributed by atoms with E-state index < -0.39 is 233 Å². The molecule has 12 bridgehead atoms. The van der Waals surface area contributed by atoms with Gasteiger partial charge in [-0.2, -0.15) is 0 Å². The molecule has 22 heterocycles. The van der Waals surface area contributed by atoms with E-state index in [0.717, 1.165) is 21.3 Å². The average Bonchev–Trinajstić information content (AvgIpc) is 3.39. The van der Waals surface area contributed by atoms with Crippen molar-refractivity contribution in [2.75, 3.05) is 61.0 Å². The van der Waals surface area contributed by atoms with Crippen molar-refractivity contribution in [1.82, 2.24) is 0 Å². The van der Waals surface area contributed by atoms with Crippen molar-refractivity contribution >= 4 is 9.05 Å². The van der Waals surface area contributed by atoms with Gasteiger partial charge in [0.25, 0.3) is 0 Å². The second-order valence-electron chi connectivity index (χ2n) is 18.0. The average molecular weight is 1090 g/mol. The maximum absolute atomic E-state index is 12.0. The van der Waals surface area contributed by atoms with E-state index in [1.807, 2.05) is 0 Å². The summed E-state index contributed by atoms with van der Waals surface area (Å²) >= 11 is 0. The molecule has 17 N–H and O–H groups in total. The summed E-state index contributed by atoms with van der Waals surface area (Å²) in [7, 11) is -0.982. The summed E-state index contributed by atoms with van der Waals surface area (Å²) in [6.45, 7) is -6.10. The van der Waals surface area contributed by atoms with Crippen LogP contribution in [0.5, 0.6) is 0 Å². The summed E-state index contributed by atoms with van der Waals surface area (Å²) in [5.41, 5.74) is 0. The Balaban J connectivity index is 1.24. The van der Waals surface area contributed by atoms with Crippen molar-refractivity contribution in [3.63, 3.8) is 0 Å². The van der Waals surface area contributed by atoms with Gasteiger partial charge in [-0.15, -0.1) is 0 Å². The highest BCUT2D eigenvalue weighted by molar-refractivity contribution is 6.53. The summed E-state index contributed by atoms with van der Waals surface area (Å²) < 4.78 is 91.6. The van der Waals surface area contributed by atoms with Crippen LogP contribution in [-0.2, 0) is 74.5 Å². The fourth-order valence-corrected chi connectivity index (χ4v) is 11.0. The van der Waals surface area contributed by atoms with Crippen molar-refractivity contribution in [1.29, 1.82) is 0 Å². The van der Waals surface area contributed by atoms with Crippen molar-refractivity contribution < 1.29 is 161 Å². The molecule has 33 nitrogen and oxygen atoms in total. The molecule has 0 aromatic carbocycles. The minimum atomic E-state index is -4.33. The highest BCUT2D eigenvalue weighted by Gasteiger charge is 2.60. The predicted molar refractivity (Wildman–Crippen MR) is 221 cm³/mol. The molecule has 0 unspecified atom stereocenters. The van der Waals surface area contributed by atoms with Crippen LogP contribution in [0.4, 0.5) is 0 Å². The van der Waals surface area contributed by atoms with Gasteiger partial charge < -0.3 is 161 Å². The van der Waals surface area contributed by atoms with Crippen LogP contribution >= 0.6 is 0 Å². The second kappa shape index (κ2) is 25.3. The Morgan fingerprint density at radius 3 is 0.671 bits per heavy atom. The largest absolute Gasteiger partial charge is 0.679 e. The molecule has 22 aliphatic heterocycles. The zero-order valence-electron chi connectivity index (χ0n) is 39.2. The highest BCUT2D eigenvalue weighted by Crippen LogP contribution is 2.39. The van der Waals surface area contributed by atoms with Crippen LogP contribution in [0.2, 0.25) is 0 Å². The zero-order valence-corrected chi connectivity index (χ0v) is 40.2. The Hall–Kier alpha value is -1.10. The lowest BCUT2D eigenvalue weighted by Crippen LogP contribution is -2.70. The van der Waals surface area contributed by atoms with E-state index in [0.29, 0.717) is 0 Å². The van der Waals surface area contributed by atoms with Gasteiger partial charge in [0, 0.05) is 21.3 Å². The Morgan fingerprint density at radius 2 is 0.466 bits per heavy atom. The van der Waals surface area contributed by atoms with Crippen LogP contribution in [0.1, 0.15) is 0 Å². The molecule has 0 aromatic heterocycles. The summed E-state index contributed by atoms with van der Waals surface area (Å²) in [5.74, 6) is 0. The van der Waals surface area contributed by atoms with Gasteiger partial charge in [0.05, 0.1) is 39.6 Å². The van der Waals surface area contributed by atoms with Gasteiger partial charge in [-0.25, -0.2) is 0 Å². The molecule has 0 amide bonds. The maximum atomic E-state index is 12.0. The quantitative estimate of drug-likeness (QED) is 0.0854. The molecule has 22 saturated heterocycles. The van der Waals surface area contributed by atoms with Crippen LogP contribution in [0, 0.1) is 0 Å². The third-order valence-corrected chi connectivity index (χ3v) is 15.7. The van der Waals surface area contributed by atoms with Crippen LogP contribution in [-0.4, -0.2) is 341 Å². The van der Waals surface area contributed by atoms with Crippen molar-refractivity contribution in [3.05, 3.63) is 0 Å². The smallest absolute Gasteiger partial charge is 0.394 e. The van der Waals surface area contributed by atoms with Gasteiger partial charge in [0.2, 0.25) is 0 Å². The Bertz CT molecular complexity index is 1680. The lowest BCUT2D eigenvalue weighted by molar-refractivity contribution is -0.404. The molecule has 34 heteroatoms. The summed E-state index contributed by atoms with van der Waals surface area (Å²) in [5, 5.41) is 188. The van der Waals surface area contributed by atoms with Crippen molar-refractivity contribution in [2.45, 2.75) is 184 Å². The lowest BCUT2D eigenvalue weighted by Gasteiger charge is -2.51. The first-order chi connectivity index (χ1) is 34.8. The number of hydrogen-bond donors (Lipinski definition) is 17. The van der Waals surface area contributed by atoms with Gasteiger partial charge in [-0.3, -0.25) is 0 Å². The van der Waals surface area contributed by atoms with E-state index in [1.165, 1.54) is 0 Å². The molecule has 426 valence electrons. The lowest BCUT2D eigenvalue weighted by atomic mass is 9.94. The normalized spacial score (nSPS) is 51.5. The number of rotatable bonds is 11. The molecule has 0 aromatic rings. The first-order valence-corrected chi connectivity index (χ1v) is 24.8. The van der Waals surface area contributed by atoms with E-state index in [4.69, 9.17) is 74.5 Å². The molecule has 73 heavy (non-hydrogen) atoms. The monoisotopic (exact) mass is 1090 g/mol. The molecular weight excluding hydrogens is 1020 g/mol. The molecule has 22 aliphatic rings. The molecule has 22 rings (SSSR count). The summed E-state index contributed by atoms with van der Waals surface area (Å²) in [4.78, 5) is 0. The fraction of sp³-hybridized carbons (Fsp3) is 1.00. The summed E-state index contributed by atoms with van der Waals surface area (Å²) in [6.07, 6.45) is -59.0. The first kappa shape index (κ1) is 59.6.